The van der Waals surface area contributed by atoms with Gasteiger partial charge in [0.25, 0.3) is 0 Å². The van der Waals surface area contributed by atoms with Crippen LogP contribution in [0.1, 0.15) is 16.9 Å². The van der Waals surface area contributed by atoms with Crippen LogP contribution in [0, 0.1) is 0 Å². The Balaban J connectivity index is 2.10. The van der Waals surface area contributed by atoms with Gasteiger partial charge in [0.05, 0.1) is 5.39 Å². The van der Waals surface area contributed by atoms with Crippen LogP contribution in [0.2, 0.25) is 0 Å². The van der Waals surface area contributed by atoms with Crippen LogP contribution in [0.4, 0.5) is 0 Å². The molecule has 6 heteroatoms. The monoisotopic (exact) mass is 243 g/mol. The third kappa shape index (κ3) is 1.24. The zero-order chi connectivity index (χ0) is 11.2. The molecule has 1 aliphatic rings. The molecule has 0 saturated heterocycles. The van der Waals surface area contributed by atoms with Gasteiger partial charge in [0.2, 0.25) is 0 Å². The third-order valence-electron chi connectivity index (χ3n) is 3.14. The summed E-state index contributed by atoms with van der Waals surface area (Å²) in [4.78, 5) is 11.3. The Morgan fingerprint density at radius 1 is 1.12 bits per heavy atom. The van der Waals surface area contributed by atoms with Crippen molar-refractivity contribution in [3.8, 4) is 5.82 Å². The van der Waals surface area contributed by atoms with Gasteiger partial charge in [-0.15, -0.1) is 21.5 Å². The quantitative estimate of drug-likeness (QED) is 0.653. The molecule has 84 valence electrons. The van der Waals surface area contributed by atoms with Crippen molar-refractivity contribution in [2.45, 2.75) is 19.3 Å². The van der Waals surface area contributed by atoms with Gasteiger partial charge in [-0.05, 0) is 24.8 Å². The van der Waals surface area contributed by atoms with Gasteiger partial charge in [0.1, 0.15) is 23.8 Å². The molecule has 1 aliphatic carbocycles. The summed E-state index contributed by atoms with van der Waals surface area (Å²) in [6, 6.07) is 0. The maximum absolute atomic E-state index is 4.38. The predicted octanol–water partition coefficient (Wildman–Crippen LogP) is 1.76. The van der Waals surface area contributed by atoms with Gasteiger partial charge >= 0.3 is 0 Å². The van der Waals surface area contributed by atoms with Crippen LogP contribution < -0.4 is 0 Å². The first-order valence-corrected chi connectivity index (χ1v) is 6.35. The Hall–Kier alpha value is -1.82. The second-order valence-electron chi connectivity index (χ2n) is 4.10. The molecule has 0 N–H and O–H groups in total. The van der Waals surface area contributed by atoms with E-state index in [4.69, 9.17) is 0 Å². The van der Waals surface area contributed by atoms with Crippen molar-refractivity contribution < 1.29 is 0 Å². The Bertz CT molecular complexity index is 685. The summed E-state index contributed by atoms with van der Waals surface area (Å²) < 4.78 is 1.86. The first-order chi connectivity index (χ1) is 8.43. The van der Waals surface area contributed by atoms with E-state index in [2.05, 4.69) is 20.2 Å². The number of hydrogen-bond donors (Lipinski definition) is 0. The maximum Gasteiger partial charge on any atom is 0.151 e. The molecule has 0 radical (unpaired) electrons. The summed E-state index contributed by atoms with van der Waals surface area (Å²) >= 11 is 1.79. The minimum absolute atomic E-state index is 0.902. The molecule has 0 spiro atoms. The first-order valence-electron chi connectivity index (χ1n) is 5.54. The standard InChI is InChI=1S/C11H9N5S/c1-2-7-8(3-1)17-11-9(7)10(12-4-13-11)16-5-14-15-6-16/h4-6H,1-3H2. The van der Waals surface area contributed by atoms with E-state index < -0.39 is 0 Å². The molecule has 3 aromatic rings. The SMILES string of the molecule is c1nc(-n2cnnc2)c2c3c(sc2n1)CCC3. The summed E-state index contributed by atoms with van der Waals surface area (Å²) in [7, 11) is 0. The molecule has 17 heavy (non-hydrogen) atoms. The van der Waals surface area contributed by atoms with Crippen molar-refractivity contribution in [3.05, 3.63) is 29.4 Å². The zero-order valence-corrected chi connectivity index (χ0v) is 9.81. The lowest BCUT2D eigenvalue weighted by atomic mass is 10.2. The Labute approximate surface area is 101 Å². The summed E-state index contributed by atoms with van der Waals surface area (Å²) in [5, 5.41) is 8.86. The van der Waals surface area contributed by atoms with Crippen molar-refractivity contribution in [2.24, 2.45) is 0 Å². The van der Waals surface area contributed by atoms with E-state index in [1.807, 2.05) is 4.57 Å². The van der Waals surface area contributed by atoms with Gasteiger partial charge in [0.15, 0.2) is 5.82 Å². The predicted molar refractivity (Wildman–Crippen MR) is 64.4 cm³/mol. The second kappa shape index (κ2) is 3.33. The topological polar surface area (TPSA) is 56.5 Å². The minimum atomic E-state index is 0.902. The smallest absolute Gasteiger partial charge is 0.151 e. The maximum atomic E-state index is 4.38. The van der Waals surface area contributed by atoms with Crippen LogP contribution >= 0.6 is 11.3 Å². The fourth-order valence-corrected chi connectivity index (χ4v) is 3.64. The molecular formula is C11H9N5S. The van der Waals surface area contributed by atoms with E-state index >= 15 is 0 Å². The first kappa shape index (κ1) is 9.23. The van der Waals surface area contributed by atoms with E-state index in [-0.39, 0.29) is 0 Å². The van der Waals surface area contributed by atoms with Gasteiger partial charge in [-0.25, -0.2) is 9.97 Å². The molecule has 3 aromatic heterocycles. The van der Waals surface area contributed by atoms with E-state index in [9.17, 15) is 0 Å². The van der Waals surface area contributed by atoms with Crippen LogP contribution in [-0.4, -0.2) is 24.7 Å². The normalized spacial score (nSPS) is 14.4. The number of fused-ring (bicyclic) bond motifs is 3. The van der Waals surface area contributed by atoms with Crippen molar-refractivity contribution in [1.82, 2.24) is 24.7 Å². The van der Waals surface area contributed by atoms with Gasteiger partial charge in [0, 0.05) is 4.88 Å². The molecule has 0 aliphatic heterocycles. The lowest BCUT2D eigenvalue weighted by Gasteiger charge is -2.02. The summed E-state index contributed by atoms with van der Waals surface area (Å²) in [5.41, 5.74) is 1.43. The zero-order valence-electron chi connectivity index (χ0n) is 9.00. The highest BCUT2D eigenvalue weighted by Crippen LogP contribution is 2.38. The third-order valence-corrected chi connectivity index (χ3v) is 4.34. The fraction of sp³-hybridized carbons (Fsp3) is 0.273. The van der Waals surface area contributed by atoms with Crippen molar-refractivity contribution in [1.29, 1.82) is 0 Å². The van der Waals surface area contributed by atoms with Crippen LogP contribution in [0.3, 0.4) is 0 Å². The summed E-state index contributed by atoms with van der Waals surface area (Å²) in [5.74, 6) is 0.902. The fourth-order valence-electron chi connectivity index (χ4n) is 2.42. The van der Waals surface area contributed by atoms with Gasteiger partial charge in [-0.3, -0.25) is 4.57 Å². The van der Waals surface area contributed by atoms with Crippen LogP contribution in [0.5, 0.6) is 0 Å². The highest BCUT2D eigenvalue weighted by atomic mass is 32.1. The van der Waals surface area contributed by atoms with Crippen LogP contribution in [0.25, 0.3) is 16.0 Å². The lowest BCUT2D eigenvalue weighted by Crippen LogP contribution is -1.97. The molecule has 0 amide bonds. The molecule has 0 unspecified atom stereocenters. The van der Waals surface area contributed by atoms with Gasteiger partial charge in [-0.2, -0.15) is 0 Å². The number of hydrogen-bond acceptors (Lipinski definition) is 5. The molecule has 0 saturated carbocycles. The Morgan fingerprint density at radius 2 is 2.00 bits per heavy atom. The molecule has 0 atom stereocenters. The molecule has 3 heterocycles. The largest absolute Gasteiger partial charge is 0.271 e. The average Bonchev–Trinajstić information content (AvgIpc) is 3.04. The van der Waals surface area contributed by atoms with Crippen molar-refractivity contribution in [2.75, 3.05) is 0 Å². The van der Waals surface area contributed by atoms with Crippen LogP contribution in [-0.2, 0) is 12.8 Å². The molecule has 0 fully saturated rings. The van der Waals surface area contributed by atoms with E-state index in [1.165, 1.54) is 28.7 Å². The van der Waals surface area contributed by atoms with Crippen molar-refractivity contribution in [3.63, 3.8) is 0 Å². The Morgan fingerprint density at radius 3 is 2.88 bits per heavy atom. The van der Waals surface area contributed by atoms with Crippen LogP contribution in [0.15, 0.2) is 19.0 Å². The summed E-state index contributed by atoms with van der Waals surface area (Å²) in [6.45, 7) is 0. The van der Waals surface area contributed by atoms with E-state index in [0.29, 0.717) is 0 Å². The number of aromatic nitrogens is 5. The number of rotatable bonds is 1. The van der Waals surface area contributed by atoms with E-state index in [1.54, 1.807) is 30.3 Å². The number of thiophene rings is 1. The Kier molecular flexibility index (Phi) is 1.81. The van der Waals surface area contributed by atoms with Gasteiger partial charge < -0.3 is 0 Å². The second-order valence-corrected chi connectivity index (χ2v) is 5.19. The van der Waals surface area contributed by atoms with Crippen molar-refractivity contribution >= 4 is 21.6 Å². The van der Waals surface area contributed by atoms with E-state index in [0.717, 1.165) is 17.1 Å². The molecule has 5 nitrogen and oxygen atoms in total. The summed E-state index contributed by atoms with van der Waals surface area (Å²) in [6.07, 6.45) is 8.54. The number of nitrogens with zero attached hydrogens (tertiary/aromatic N) is 5. The number of aryl methyl sites for hydroxylation is 2. The molecule has 4 rings (SSSR count). The van der Waals surface area contributed by atoms with Gasteiger partial charge in [-0.1, -0.05) is 0 Å². The molecule has 0 bridgehead atoms. The average molecular weight is 243 g/mol. The highest BCUT2D eigenvalue weighted by Gasteiger charge is 2.21. The molecule has 0 aromatic carbocycles. The lowest BCUT2D eigenvalue weighted by molar-refractivity contribution is 0.915. The minimum Gasteiger partial charge on any atom is -0.271 e. The highest BCUT2D eigenvalue weighted by molar-refractivity contribution is 7.19. The molecular weight excluding hydrogens is 234 g/mol.